The topological polar surface area (TPSA) is 106 Å². The molecule has 3 rings (SSSR count). The van der Waals surface area contributed by atoms with Gasteiger partial charge in [-0.1, -0.05) is 43.0 Å². The first-order valence-electron chi connectivity index (χ1n) is 10.0. The quantitative estimate of drug-likeness (QED) is 0.182. The number of nitriles is 1. The molecule has 1 aromatic heterocycles. The second kappa shape index (κ2) is 12.5. The Kier molecular flexibility index (Phi) is 9.11. The molecule has 2 aromatic carbocycles. The highest BCUT2D eigenvalue weighted by atomic mass is 32.2. The van der Waals surface area contributed by atoms with Crippen LogP contribution < -0.4 is 19.5 Å². The van der Waals surface area contributed by atoms with Gasteiger partial charge >= 0.3 is 0 Å². The van der Waals surface area contributed by atoms with E-state index in [0.717, 1.165) is 17.3 Å². The Bertz CT molecular complexity index is 1140. The first kappa shape index (κ1) is 24.1. The number of aromatic nitrogens is 2. The highest BCUT2D eigenvalue weighted by Crippen LogP contribution is 2.25. The number of para-hydroxylation sites is 2. The van der Waals surface area contributed by atoms with E-state index < -0.39 is 5.91 Å². The van der Waals surface area contributed by atoms with Crippen LogP contribution in [0.4, 0.5) is 5.13 Å². The van der Waals surface area contributed by atoms with Crippen LogP contribution in [0.3, 0.4) is 0 Å². The summed E-state index contributed by atoms with van der Waals surface area (Å²) in [6, 6.07) is 16.4. The van der Waals surface area contributed by atoms with Gasteiger partial charge in [-0.05, 0) is 41.7 Å². The molecule has 0 fully saturated rings. The van der Waals surface area contributed by atoms with Gasteiger partial charge in [-0.3, -0.25) is 10.1 Å². The van der Waals surface area contributed by atoms with Crippen molar-refractivity contribution in [2.75, 3.05) is 31.4 Å². The number of nitrogens with one attached hydrogen (secondary N) is 1. The predicted molar refractivity (Wildman–Crippen MR) is 129 cm³/mol. The number of thioether (sulfide) groups is 1. The molecule has 0 saturated carbocycles. The molecule has 170 valence electrons. The van der Waals surface area contributed by atoms with Gasteiger partial charge in [-0.2, -0.15) is 14.6 Å². The van der Waals surface area contributed by atoms with Gasteiger partial charge < -0.3 is 14.2 Å². The number of anilines is 1. The van der Waals surface area contributed by atoms with Gasteiger partial charge in [0.2, 0.25) is 10.3 Å². The highest BCUT2D eigenvalue weighted by molar-refractivity contribution is 7.99. The molecule has 0 unspecified atom stereocenters. The number of benzene rings is 2. The standard InChI is InChI=1S/C23H22N4O4S2/c1-3-32-23-26-22(33-27-23)25-21(28)17(15-24)14-16-8-10-18(11-9-16)30-12-13-31-20-7-5-4-6-19(20)29-2/h4-11,14H,3,12-13H2,1-2H3,(H,25,26,27,28). The van der Waals surface area contributed by atoms with Crippen molar-refractivity contribution in [3.63, 3.8) is 0 Å². The zero-order valence-corrected chi connectivity index (χ0v) is 19.7. The highest BCUT2D eigenvalue weighted by Gasteiger charge is 2.13. The number of amides is 1. The molecule has 0 saturated heterocycles. The number of ether oxygens (including phenoxy) is 3. The van der Waals surface area contributed by atoms with E-state index in [1.54, 1.807) is 31.4 Å². The van der Waals surface area contributed by atoms with Crippen molar-refractivity contribution in [2.45, 2.75) is 12.1 Å². The van der Waals surface area contributed by atoms with Crippen LogP contribution in [0.25, 0.3) is 6.08 Å². The van der Waals surface area contributed by atoms with Crippen molar-refractivity contribution in [3.05, 3.63) is 59.7 Å². The summed E-state index contributed by atoms with van der Waals surface area (Å²) in [6.07, 6.45) is 1.51. The normalized spacial score (nSPS) is 10.9. The molecule has 3 aromatic rings. The molecule has 0 bridgehead atoms. The summed E-state index contributed by atoms with van der Waals surface area (Å²) in [5.74, 6) is 2.27. The average molecular weight is 483 g/mol. The summed E-state index contributed by atoms with van der Waals surface area (Å²) in [5.41, 5.74) is 0.660. The van der Waals surface area contributed by atoms with Gasteiger partial charge in [0, 0.05) is 11.5 Å². The van der Waals surface area contributed by atoms with Crippen LogP contribution in [0.1, 0.15) is 12.5 Å². The monoisotopic (exact) mass is 482 g/mol. The molecule has 33 heavy (non-hydrogen) atoms. The van der Waals surface area contributed by atoms with E-state index in [9.17, 15) is 10.1 Å². The first-order valence-corrected chi connectivity index (χ1v) is 11.8. The van der Waals surface area contributed by atoms with E-state index in [1.807, 2.05) is 37.3 Å². The van der Waals surface area contributed by atoms with Crippen LogP contribution in [0.5, 0.6) is 17.2 Å². The SMILES string of the molecule is CCSc1nsc(NC(=O)C(C#N)=Cc2ccc(OCCOc3ccccc3OC)cc2)n1. The largest absolute Gasteiger partial charge is 0.493 e. The van der Waals surface area contributed by atoms with E-state index >= 15 is 0 Å². The van der Waals surface area contributed by atoms with E-state index in [1.165, 1.54) is 17.8 Å². The molecule has 0 atom stereocenters. The molecular formula is C23H22N4O4S2. The van der Waals surface area contributed by atoms with Crippen molar-refractivity contribution in [1.29, 1.82) is 5.26 Å². The molecule has 10 heteroatoms. The second-order valence-corrected chi connectivity index (χ2v) is 8.34. The Morgan fingerprint density at radius 1 is 1.15 bits per heavy atom. The van der Waals surface area contributed by atoms with Gasteiger partial charge in [0.15, 0.2) is 11.5 Å². The summed E-state index contributed by atoms with van der Waals surface area (Å²) in [7, 11) is 1.59. The Balaban J connectivity index is 1.52. The van der Waals surface area contributed by atoms with Crippen molar-refractivity contribution < 1.29 is 19.0 Å². The van der Waals surface area contributed by atoms with Crippen molar-refractivity contribution >= 4 is 40.4 Å². The fraction of sp³-hybridized carbons (Fsp3) is 0.217. The van der Waals surface area contributed by atoms with Crippen LogP contribution in [-0.4, -0.2) is 41.3 Å². The second-order valence-electron chi connectivity index (χ2n) is 6.36. The van der Waals surface area contributed by atoms with Crippen LogP contribution in [0.15, 0.2) is 59.3 Å². The van der Waals surface area contributed by atoms with Gasteiger partial charge in [0.1, 0.15) is 30.6 Å². The summed E-state index contributed by atoms with van der Waals surface area (Å²) in [5, 5.41) is 13.0. The van der Waals surface area contributed by atoms with Crippen molar-refractivity contribution in [1.82, 2.24) is 9.36 Å². The van der Waals surface area contributed by atoms with Crippen LogP contribution in [0.2, 0.25) is 0 Å². The zero-order valence-electron chi connectivity index (χ0n) is 18.1. The van der Waals surface area contributed by atoms with Gasteiger partial charge in [0.05, 0.1) is 7.11 Å². The Hall–Kier alpha value is -3.55. The number of hydrogen-bond acceptors (Lipinski definition) is 9. The maximum Gasteiger partial charge on any atom is 0.268 e. The minimum Gasteiger partial charge on any atom is -0.493 e. The summed E-state index contributed by atoms with van der Waals surface area (Å²) in [4.78, 5) is 16.6. The van der Waals surface area contributed by atoms with Gasteiger partial charge in [-0.25, -0.2) is 0 Å². The maximum atomic E-state index is 12.4. The van der Waals surface area contributed by atoms with E-state index in [2.05, 4.69) is 14.7 Å². The van der Waals surface area contributed by atoms with Crippen molar-refractivity contribution in [3.8, 4) is 23.3 Å². The summed E-state index contributed by atoms with van der Waals surface area (Å²) in [6.45, 7) is 2.69. The molecule has 0 aliphatic rings. The zero-order chi connectivity index (χ0) is 23.5. The van der Waals surface area contributed by atoms with E-state index in [4.69, 9.17) is 14.2 Å². The van der Waals surface area contributed by atoms with Gasteiger partial charge in [-0.15, -0.1) is 0 Å². The molecule has 1 amide bonds. The maximum absolute atomic E-state index is 12.4. The molecule has 0 aliphatic carbocycles. The molecule has 0 spiro atoms. The molecule has 0 aliphatic heterocycles. The minimum absolute atomic E-state index is 0.0335. The van der Waals surface area contributed by atoms with Crippen LogP contribution in [-0.2, 0) is 4.79 Å². The number of hydrogen-bond donors (Lipinski definition) is 1. The molecule has 1 N–H and O–H groups in total. The minimum atomic E-state index is -0.532. The Morgan fingerprint density at radius 3 is 2.58 bits per heavy atom. The Labute approximate surface area is 200 Å². The van der Waals surface area contributed by atoms with Gasteiger partial charge in [0.25, 0.3) is 5.91 Å². The lowest BCUT2D eigenvalue weighted by atomic mass is 10.1. The summed E-state index contributed by atoms with van der Waals surface area (Å²) < 4.78 is 20.8. The lowest BCUT2D eigenvalue weighted by molar-refractivity contribution is -0.112. The third kappa shape index (κ3) is 7.24. The fourth-order valence-corrected chi connectivity index (χ4v) is 3.90. The number of carbonyl (C=O) groups is 1. The lowest BCUT2D eigenvalue weighted by Gasteiger charge is -2.11. The lowest BCUT2D eigenvalue weighted by Crippen LogP contribution is -2.13. The third-order valence-corrected chi connectivity index (χ3v) is 5.61. The average Bonchev–Trinajstić information content (AvgIpc) is 3.28. The van der Waals surface area contributed by atoms with Crippen LogP contribution >= 0.6 is 23.3 Å². The van der Waals surface area contributed by atoms with Crippen molar-refractivity contribution in [2.24, 2.45) is 0 Å². The molecule has 0 radical (unpaired) electrons. The molecular weight excluding hydrogens is 460 g/mol. The summed E-state index contributed by atoms with van der Waals surface area (Å²) >= 11 is 2.56. The third-order valence-electron chi connectivity index (χ3n) is 4.14. The number of carbonyl (C=O) groups excluding carboxylic acids is 1. The first-order chi connectivity index (χ1) is 16.1. The smallest absolute Gasteiger partial charge is 0.268 e. The molecule has 8 nitrogen and oxygen atoms in total. The Morgan fingerprint density at radius 2 is 1.88 bits per heavy atom. The van der Waals surface area contributed by atoms with E-state index in [-0.39, 0.29) is 5.57 Å². The number of nitrogens with zero attached hydrogens (tertiary/aromatic N) is 3. The molecule has 1 heterocycles. The number of methoxy groups -OCH3 is 1. The fourth-order valence-electron chi connectivity index (χ4n) is 2.64. The number of rotatable bonds is 11. The predicted octanol–water partition coefficient (Wildman–Crippen LogP) is 4.66. The van der Waals surface area contributed by atoms with E-state index in [0.29, 0.717) is 46.3 Å². The van der Waals surface area contributed by atoms with Crippen LogP contribution in [0, 0.1) is 11.3 Å².